The zero-order valence-electron chi connectivity index (χ0n) is 18.5. The van der Waals surface area contributed by atoms with E-state index in [2.05, 4.69) is 5.32 Å². The number of aromatic hydroxyl groups is 1. The van der Waals surface area contributed by atoms with E-state index in [0.717, 1.165) is 6.42 Å². The molecule has 32 heavy (non-hydrogen) atoms. The van der Waals surface area contributed by atoms with Gasteiger partial charge in [0.05, 0.1) is 18.0 Å². The van der Waals surface area contributed by atoms with Gasteiger partial charge in [0, 0.05) is 32.8 Å². The minimum atomic E-state index is -1.24. The molecule has 1 fully saturated rings. The number of alkyl halides is 2. The van der Waals surface area contributed by atoms with Gasteiger partial charge >= 0.3 is 0 Å². The highest BCUT2D eigenvalue weighted by atomic mass is 35.5. The fourth-order valence-corrected chi connectivity index (χ4v) is 4.66. The summed E-state index contributed by atoms with van der Waals surface area (Å²) >= 11 is 6.00. The van der Waals surface area contributed by atoms with Gasteiger partial charge in [-0.2, -0.15) is 0 Å². The number of nitrogens with one attached hydrogen (secondary N) is 1. The number of nitrogens with zero attached hydrogens (tertiary/aromatic N) is 3. The van der Waals surface area contributed by atoms with Gasteiger partial charge in [0.25, 0.3) is 11.8 Å². The Morgan fingerprint density at radius 2 is 2.12 bits per heavy atom. The van der Waals surface area contributed by atoms with E-state index in [4.69, 9.17) is 16.3 Å². The summed E-state index contributed by atoms with van der Waals surface area (Å²) < 4.78 is 21.0. The minimum Gasteiger partial charge on any atom is -0.502 e. The standard InChI is InChI=1S/C21H30ClFN4O5/c1-4-13(10-32-3)27-11-25(2)21(31)17-19(29)18(28)14(9-26(17)27)20(30)24-8-12-6-5-7-15(22)16(12)23/h9,12-13,15-16,29H,4-8,10-11H2,1-3H3,(H,24,30)/t12?,13-,15?,16?/m0/s1. The Balaban J connectivity index is 1.93. The number of carbonyl (C=O) groups excluding carboxylic acids is 2. The Morgan fingerprint density at radius 1 is 1.41 bits per heavy atom. The van der Waals surface area contributed by atoms with Crippen LogP contribution in [0.3, 0.4) is 0 Å². The lowest BCUT2D eigenvalue weighted by Gasteiger charge is -2.42. The molecule has 11 heteroatoms. The number of fused-ring (bicyclic) bond motifs is 1. The second-order valence-electron chi connectivity index (χ2n) is 8.38. The first-order chi connectivity index (χ1) is 15.2. The van der Waals surface area contributed by atoms with Gasteiger partial charge in [-0.3, -0.25) is 24.1 Å². The second kappa shape index (κ2) is 10.1. The molecule has 1 aromatic rings. The van der Waals surface area contributed by atoms with E-state index in [9.17, 15) is 23.9 Å². The SMILES string of the molecule is CC[C@@H](COC)N1CN(C)C(=O)c2c(O)c(=O)c(C(=O)NCC3CCCC(Cl)C3F)cn21. The Labute approximate surface area is 191 Å². The molecular formula is C21H30ClFN4O5. The molecule has 2 aliphatic rings. The summed E-state index contributed by atoms with van der Waals surface area (Å²) in [7, 11) is 3.11. The van der Waals surface area contributed by atoms with E-state index < -0.39 is 40.5 Å². The van der Waals surface area contributed by atoms with Gasteiger partial charge in [-0.25, -0.2) is 4.39 Å². The summed E-state index contributed by atoms with van der Waals surface area (Å²) in [6.45, 7) is 2.49. The van der Waals surface area contributed by atoms with Crippen molar-refractivity contribution in [1.82, 2.24) is 14.9 Å². The number of amides is 2. The van der Waals surface area contributed by atoms with E-state index in [-0.39, 0.29) is 30.5 Å². The Hall–Kier alpha value is -2.33. The van der Waals surface area contributed by atoms with Gasteiger partial charge in [0.2, 0.25) is 5.43 Å². The zero-order chi connectivity index (χ0) is 23.6. The van der Waals surface area contributed by atoms with Crippen molar-refractivity contribution in [2.45, 2.75) is 50.2 Å². The Kier molecular flexibility index (Phi) is 7.66. The van der Waals surface area contributed by atoms with Crippen LogP contribution in [0.4, 0.5) is 4.39 Å². The minimum absolute atomic E-state index is 0.0256. The molecule has 0 saturated heterocycles. The number of hydrogen-bond donors (Lipinski definition) is 2. The number of ether oxygens (including phenoxy) is 1. The van der Waals surface area contributed by atoms with Crippen molar-refractivity contribution in [1.29, 1.82) is 0 Å². The molecule has 3 rings (SSSR count). The number of aromatic nitrogens is 1. The zero-order valence-corrected chi connectivity index (χ0v) is 19.3. The summed E-state index contributed by atoms with van der Waals surface area (Å²) in [5, 5.41) is 14.3. The molecular weight excluding hydrogens is 443 g/mol. The number of halogens is 2. The number of pyridine rings is 1. The van der Waals surface area contributed by atoms with E-state index in [1.54, 1.807) is 19.2 Å². The lowest BCUT2D eigenvalue weighted by atomic mass is 9.87. The molecule has 0 radical (unpaired) electrons. The van der Waals surface area contributed by atoms with Crippen molar-refractivity contribution < 1.29 is 23.8 Å². The molecule has 1 aliphatic carbocycles. The summed E-state index contributed by atoms with van der Waals surface area (Å²) in [6.07, 6.45) is 2.61. The van der Waals surface area contributed by atoms with E-state index in [0.29, 0.717) is 25.9 Å². The lowest BCUT2D eigenvalue weighted by Crippen LogP contribution is -2.58. The highest BCUT2D eigenvalue weighted by Crippen LogP contribution is 2.30. The smallest absolute Gasteiger partial charge is 0.277 e. The van der Waals surface area contributed by atoms with Crippen LogP contribution in [0.15, 0.2) is 11.0 Å². The van der Waals surface area contributed by atoms with Crippen LogP contribution in [0.25, 0.3) is 0 Å². The molecule has 4 atom stereocenters. The third-order valence-corrected chi connectivity index (χ3v) is 6.68. The van der Waals surface area contributed by atoms with Gasteiger partial charge in [-0.1, -0.05) is 13.3 Å². The molecule has 2 heterocycles. The van der Waals surface area contributed by atoms with Gasteiger partial charge in [0.1, 0.15) is 18.4 Å². The van der Waals surface area contributed by atoms with Crippen molar-refractivity contribution in [3.8, 4) is 5.75 Å². The fourth-order valence-electron chi connectivity index (χ4n) is 4.30. The molecule has 3 unspecified atom stereocenters. The summed E-state index contributed by atoms with van der Waals surface area (Å²) in [6, 6.07) is -0.178. The third-order valence-electron chi connectivity index (χ3n) is 6.22. The largest absolute Gasteiger partial charge is 0.502 e. The predicted octanol–water partition coefficient (Wildman–Crippen LogP) is 1.44. The topological polar surface area (TPSA) is 104 Å². The van der Waals surface area contributed by atoms with Crippen molar-refractivity contribution in [3.63, 3.8) is 0 Å². The van der Waals surface area contributed by atoms with E-state index in [1.807, 2.05) is 6.92 Å². The van der Waals surface area contributed by atoms with Gasteiger partial charge in [0.15, 0.2) is 11.4 Å². The van der Waals surface area contributed by atoms with E-state index >= 15 is 0 Å². The maximum absolute atomic E-state index is 14.3. The lowest BCUT2D eigenvalue weighted by molar-refractivity contribution is 0.0698. The Morgan fingerprint density at radius 3 is 2.78 bits per heavy atom. The predicted molar refractivity (Wildman–Crippen MR) is 118 cm³/mol. The normalized spacial score (nSPS) is 24.3. The summed E-state index contributed by atoms with van der Waals surface area (Å²) in [4.78, 5) is 39.6. The molecule has 0 aromatic carbocycles. The molecule has 1 aliphatic heterocycles. The van der Waals surface area contributed by atoms with Crippen molar-refractivity contribution in [2.24, 2.45) is 5.92 Å². The molecule has 178 valence electrons. The van der Waals surface area contributed by atoms with Gasteiger partial charge < -0.3 is 20.1 Å². The highest BCUT2D eigenvalue weighted by Gasteiger charge is 2.36. The van der Waals surface area contributed by atoms with Gasteiger partial charge in [-0.05, 0) is 19.3 Å². The van der Waals surface area contributed by atoms with Crippen LogP contribution >= 0.6 is 11.6 Å². The maximum atomic E-state index is 14.3. The molecule has 1 aromatic heterocycles. The molecule has 0 bridgehead atoms. The molecule has 0 spiro atoms. The van der Waals surface area contributed by atoms with Crippen LogP contribution in [0.5, 0.6) is 5.75 Å². The highest BCUT2D eigenvalue weighted by molar-refractivity contribution is 6.21. The third kappa shape index (κ3) is 4.56. The number of methoxy groups -OCH3 is 1. The maximum Gasteiger partial charge on any atom is 0.277 e. The van der Waals surface area contributed by atoms with Crippen LogP contribution < -0.4 is 15.8 Å². The number of rotatable bonds is 7. The van der Waals surface area contributed by atoms with Crippen molar-refractivity contribution in [3.05, 3.63) is 27.7 Å². The molecule has 9 nitrogen and oxygen atoms in total. The summed E-state index contributed by atoms with van der Waals surface area (Å²) in [5.74, 6) is -2.52. The Bertz CT molecular complexity index is 926. The summed E-state index contributed by atoms with van der Waals surface area (Å²) in [5.41, 5.74) is -1.49. The average Bonchev–Trinajstić information content (AvgIpc) is 2.77. The number of hydrogen-bond acceptors (Lipinski definition) is 6. The van der Waals surface area contributed by atoms with Crippen LogP contribution in [0.1, 0.15) is 53.5 Å². The van der Waals surface area contributed by atoms with Crippen LogP contribution in [0, 0.1) is 5.92 Å². The monoisotopic (exact) mass is 472 g/mol. The fraction of sp³-hybridized carbons (Fsp3) is 0.667. The van der Waals surface area contributed by atoms with Crippen LogP contribution in [-0.2, 0) is 4.74 Å². The first kappa shape index (κ1) is 24.3. The van der Waals surface area contributed by atoms with Crippen LogP contribution in [-0.4, -0.2) is 78.1 Å². The molecule has 1 saturated carbocycles. The van der Waals surface area contributed by atoms with Crippen molar-refractivity contribution in [2.75, 3.05) is 39.0 Å². The van der Waals surface area contributed by atoms with Crippen molar-refractivity contribution >= 4 is 23.4 Å². The quantitative estimate of drug-likeness (QED) is 0.582. The molecule has 2 amide bonds. The second-order valence-corrected chi connectivity index (χ2v) is 8.94. The number of carbonyl (C=O) groups is 2. The first-order valence-corrected chi connectivity index (χ1v) is 11.2. The van der Waals surface area contributed by atoms with E-state index in [1.165, 1.54) is 15.8 Å². The molecule has 2 N–H and O–H groups in total. The first-order valence-electron chi connectivity index (χ1n) is 10.8. The average molecular weight is 473 g/mol. The van der Waals surface area contributed by atoms with Gasteiger partial charge in [-0.15, -0.1) is 11.6 Å². The van der Waals surface area contributed by atoms with Crippen LogP contribution in [0.2, 0.25) is 0 Å².